The number of hydrogen-bond acceptors (Lipinski definition) is 3. The molecule has 1 N–H and O–H groups in total. The lowest BCUT2D eigenvalue weighted by atomic mass is 10.2. The maximum absolute atomic E-state index is 12.4. The monoisotopic (exact) mass is 360 g/mol. The molecule has 2 amide bonds. The van der Waals surface area contributed by atoms with Gasteiger partial charge in [-0.1, -0.05) is 11.6 Å². The van der Waals surface area contributed by atoms with Gasteiger partial charge in [0, 0.05) is 31.1 Å². The average molecular weight is 361 g/mol. The Bertz CT molecular complexity index is 770. The average Bonchev–Trinajstić information content (AvgIpc) is 3.18. The molecule has 7 heteroatoms. The van der Waals surface area contributed by atoms with Gasteiger partial charge in [0.1, 0.15) is 0 Å². The molecule has 1 aliphatic rings. The molecule has 0 radical (unpaired) electrons. The predicted octanol–water partition coefficient (Wildman–Crippen LogP) is 2.58. The molecular weight excluding hydrogens is 340 g/mol. The Kier molecular flexibility index (Phi) is 5.38. The van der Waals surface area contributed by atoms with E-state index in [1.165, 1.54) is 0 Å². The second-order valence-electron chi connectivity index (χ2n) is 6.13. The van der Waals surface area contributed by atoms with Crippen LogP contribution in [0.3, 0.4) is 0 Å². The maximum atomic E-state index is 12.4. The molecule has 0 atom stereocenters. The van der Waals surface area contributed by atoms with Gasteiger partial charge in [0.15, 0.2) is 0 Å². The molecule has 1 aromatic heterocycles. The Morgan fingerprint density at radius 1 is 1.32 bits per heavy atom. The summed E-state index contributed by atoms with van der Waals surface area (Å²) in [6.45, 7) is 3.93. The molecule has 132 valence electrons. The Morgan fingerprint density at radius 3 is 2.76 bits per heavy atom. The zero-order valence-electron chi connectivity index (χ0n) is 14.2. The minimum Gasteiger partial charge on any atom is -0.352 e. The van der Waals surface area contributed by atoms with Crippen molar-refractivity contribution in [3.05, 3.63) is 46.7 Å². The molecule has 1 aliphatic heterocycles. The summed E-state index contributed by atoms with van der Waals surface area (Å²) >= 11 is 5.90. The van der Waals surface area contributed by atoms with Crippen molar-refractivity contribution < 1.29 is 9.59 Å². The topological polar surface area (TPSA) is 67.2 Å². The van der Waals surface area contributed by atoms with E-state index in [0.717, 1.165) is 30.8 Å². The van der Waals surface area contributed by atoms with Crippen LogP contribution in [-0.2, 0) is 4.79 Å². The summed E-state index contributed by atoms with van der Waals surface area (Å²) in [6.07, 6.45) is 3.91. The predicted molar refractivity (Wildman–Crippen MR) is 96.1 cm³/mol. The normalized spacial score (nSPS) is 14.2. The van der Waals surface area contributed by atoms with Crippen LogP contribution in [0.2, 0.25) is 5.02 Å². The van der Waals surface area contributed by atoms with Gasteiger partial charge in [-0.3, -0.25) is 9.59 Å². The SMILES string of the molecule is Cc1c(C(=O)NCCCN2CCCC2=O)cnn1-c1ccc(Cl)cc1. The Morgan fingerprint density at radius 2 is 2.08 bits per heavy atom. The number of halogens is 1. The van der Waals surface area contributed by atoms with Gasteiger partial charge in [-0.15, -0.1) is 0 Å². The van der Waals surface area contributed by atoms with E-state index in [4.69, 9.17) is 11.6 Å². The first kappa shape index (κ1) is 17.5. The molecule has 0 saturated carbocycles. The van der Waals surface area contributed by atoms with E-state index >= 15 is 0 Å². The third-order valence-electron chi connectivity index (χ3n) is 4.39. The van der Waals surface area contributed by atoms with Gasteiger partial charge < -0.3 is 10.2 Å². The van der Waals surface area contributed by atoms with Crippen LogP contribution in [0.1, 0.15) is 35.3 Å². The Hall–Kier alpha value is -2.34. The number of likely N-dealkylation sites (tertiary alicyclic amines) is 1. The molecule has 2 aromatic rings. The van der Waals surface area contributed by atoms with Crippen LogP contribution in [0.15, 0.2) is 30.5 Å². The fourth-order valence-electron chi connectivity index (χ4n) is 2.98. The lowest BCUT2D eigenvalue weighted by Gasteiger charge is -2.15. The number of carbonyl (C=O) groups is 2. The third kappa shape index (κ3) is 4.02. The lowest BCUT2D eigenvalue weighted by Crippen LogP contribution is -2.30. The van der Waals surface area contributed by atoms with Crippen LogP contribution in [0, 0.1) is 6.92 Å². The van der Waals surface area contributed by atoms with Gasteiger partial charge in [-0.05, 0) is 44.0 Å². The zero-order valence-corrected chi connectivity index (χ0v) is 14.9. The fourth-order valence-corrected chi connectivity index (χ4v) is 3.11. The van der Waals surface area contributed by atoms with Crippen LogP contribution < -0.4 is 5.32 Å². The molecule has 1 saturated heterocycles. The van der Waals surface area contributed by atoms with Crippen molar-refractivity contribution in [2.24, 2.45) is 0 Å². The van der Waals surface area contributed by atoms with Crippen molar-refractivity contribution in [2.45, 2.75) is 26.2 Å². The number of nitrogens with one attached hydrogen (secondary N) is 1. The molecule has 1 aromatic carbocycles. The minimum atomic E-state index is -0.148. The molecule has 3 rings (SSSR count). The number of hydrogen-bond donors (Lipinski definition) is 1. The first-order chi connectivity index (χ1) is 12.1. The van der Waals surface area contributed by atoms with E-state index < -0.39 is 0 Å². The number of carbonyl (C=O) groups excluding carboxylic acids is 2. The van der Waals surface area contributed by atoms with E-state index in [-0.39, 0.29) is 11.8 Å². The van der Waals surface area contributed by atoms with E-state index in [2.05, 4.69) is 10.4 Å². The Balaban J connectivity index is 1.55. The quantitative estimate of drug-likeness (QED) is 0.805. The van der Waals surface area contributed by atoms with Gasteiger partial charge >= 0.3 is 0 Å². The van der Waals surface area contributed by atoms with Gasteiger partial charge in [-0.25, -0.2) is 4.68 Å². The first-order valence-electron chi connectivity index (χ1n) is 8.43. The fraction of sp³-hybridized carbons (Fsp3) is 0.389. The number of nitrogens with zero attached hydrogens (tertiary/aromatic N) is 3. The van der Waals surface area contributed by atoms with E-state index in [1.807, 2.05) is 24.0 Å². The van der Waals surface area contributed by atoms with Crippen molar-refractivity contribution in [3.8, 4) is 5.69 Å². The summed E-state index contributed by atoms with van der Waals surface area (Å²) in [7, 11) is 0. The molecule has 1 fully saturated rings. The standard InChI is InChI=1S/C18H21ClN4O2/c1-13-16(12-21-23(13)15-7-5-14(19)6-8-15)18(25)20-9-3-11-22-10-2-4-17(22)24/h5-8,12H,2-4,9-11H2,1H3,(H,20,25). The number of benzene rings is 1. The van der Waals surface area contributed by atoms with Crippen molar-refractivity contribution in [2.75, 3.05) is 19.6 Å². The summed E-state index contributed by atoms with van der Waals surface area (Å²) in [5, 5.41) is 7.85. The van der Waals surface area contributed by atoms with Gasteiger partial charge in [0.25, 0.3) is 5.91 Å². The number of aromatic nitrogens is 2. The van der Waals surface area contributed by atoms with Crippen LogP contribution in [0.25, 0.3) is 5.69 Å². The highest BCUT2D eigenvalue weighted by molar-refractivity contribution is 6.30. The molecule has 6 nitrogen and oxygen atoms in total. The van der Waals surface area contributed by atoms with Gasteiger partial charge in [-0.2, -0.15) is 5.10 Å². The largest absolute Gasteiger partial charge is 0.352 e. The third-order valence-corrected chi connectivity index (χ3v) is 4.64. The van der Waals surface area contributed by atoms with Crippen molar-refractivity contribution in [3.63, 3.8) is 0 Å². The van der Waals surface area contributed by atoms with Crippen LogP contribution in [-0.4, -0.2) is 46.1 Å². The Labute approximate surface area is 151 Å². The van der Waals surface area contributed by atoms with Crippen molar-refractivity contribution in [1.29, 1.82) is 0 Å². The van der Waals surface area contributed by atoms with Crippen LogP contribution >= 0.6 is 11.6 Å². The smallest absolute Gasteiger partial charge is 0.254 e. The van der Waals surface area contributed by atoms with Crippen molar-refractivity contribution in [1.82, 2.24) is 20.0 Å². The minimum absolute atomic E-state index is 0.148. The highest BCUT2D eigenvalue weighted by Crippen LogP contribution is 2.17. The molecule has 25 heavy (non-hydrogen) atoms. The van der Waals surface area contributed by atoms with E-state index in [9.17, 15) is 9.59 Å². The highest BCUT2D eigenvalue weighted by atomic mass is 35.5. The first-order valence-corrected chi connectivity index (χ1v) is 8.80. The van der Waals surface area contributed by atoms with Crippen LogP contribution in [0.5, 0.6) is 0 Å². The number of amides is 2. The lowest BCUT2D eigenvalue weighted by molar-refractivity contribution is -0.127. The molecule has 0 aliphatic carbocycles. The van der Waals surface area contributed by atoms with Gasteiger partial charge in [0.2, 0.25) is 5.91 Å². The molecule has 2 heterocycles. The highest BCUT2D eigenvalue weighted by Gasteiger charge is 2.19. The second kappa shape index (κ2) is 7.70. The molecule has 0 unspecified atom stereocenters. The molecule has 0 bridgehead atoms. The second-order valence-corrected chi connectivity index (χ2v) is 6.56. The number of rotatable bonds is 6. The summed E-state index contributed by atoms with van der Waals surface area (Å²) < 4.78 is 1.72. The van der Waals surface area contributed by atoms with E-state index in [0.29, 0.717) is 30.1 Å². The summed E-state index contributed by atoms with van der Waals surface area (Å²) in [4.78, 5) is 25.8. The molecule has 0 spiro atoms. The summed E-state index contributed by atoms with van der Waals surface area (Å²) in [6, 6.07) is 7.29. The van der Waals surface area contributed by atoms with Gasteiger partial charge in [0.05, 0.1) is 23.1 Å². The zero-order chi connectivity index (χ0) is 17.8. The molecular formula is C18H21ClN4O2. The summed E-state index contributed by atoms with van der Waals surface area (Å²) in [5.41, 5.74) is 2.18. The van der Waals surface area contributed by atoms with E-state index in [1.54, 1.807) is 23.0 Å². The van der Waals surface area contributed by atoms with Crippen LogP contribution in [0.4, 0.5) is 0 Å². The maximum Gasteiger partial charge on any atom is 0.254 e. The van der Waals surface area contributed by atoms with Crippen molar-refractivity contribution >= 4 is 23.4 Å². The summed E-state index contributed by atoms with van der Waals surface area (Å²) in [5.74, 6) is 0.0665.